The fourth-order valence-corrected chi connectivity index (χ4v) is 3.88. The Morgan fingerprint density at radius 3 is 2.62 bits per heavy atom. The number of carbonyl (C=O) groups excluding carboxylic acids is 1. The highest BCUT2D eigenvalue weighted by Crippen LogP contribution is 2.29. The van der Waals surface area contributed by atoms with Crippen molar-refractivity contribution in [3.63, 3.8) is 0 Å². The van der Waals surface area contributed by atoms with E-state index in [1.165, 1.54) is 0 Å². The van der Waals surface area contributed by atoms with E-state index in [-0.39, 0.29) is 17.8 Å². The molecule has 5 nitrogen and oxygen atoms in total. The van der Waals surface area contributed by atoms with Crippen LogP contribution in [0.1, 0.15) is 42.6 Å². The Kier molecular flexibility index (Phi) is 7.15. The molecule has 2 aromatic rings. The number of piperidine rings is 1. The van der Waals surface area contributed by atoms with Gasteiger partial charge in [-0.25, -0.2) is 0 Å². The molecule has 29 heavy (non-hydrogen) atoms. The van der Waals surface area contributed by atoms with E-state index >= 15 is 0 Å². The van der Waals surface area contributed by atoms with Crippen LogP contribution in [0.3, 0.4) is 0 Å². The third kappa shape index (κ3) is 5.51. The van der Waals surface area contributed by atoms with Crippen LogP contribution in [-0.2, 0) is 6.54 Å². The fourth-order valence-electron chi connectivity index (χ4n) is 3.88. The second-order valence-electron chi connectivity index (χ2n) is 7.82. The zero-order valence-electron chi connectivity index (χ0n) is 17.8. The van der Waals surface area contributed by atoms with Gasteiger partial charge in [-0.05, 0) is 63.1 Å². The van der Waals surface area contributed by atoms with Crippen LogP contribution in [-0.4, -0.2) is 44.1 Å². The number of carbonyl (C=O) groups is 1. The average Bonchev–Trinajstić information content (AvgIpc) is 2.73. The van der Waals surface area contributed by atoms with E-state index in [2.05, 4.69) is 11.0 Å². The van der Waals surface area contributed by atoms with Crippen LogP contribution in [0.25, 0.3) is 0 Å². The van der Waals surface area contributed by atoms with E-state index in [9.17, 15) is 4.79 Å². The Labute approximate surface area is 173 Å². The van der Waals surface area contributed by atoms with Gasteiger partial charge in [-0.3, -0.25) is 9.69 Å². The Balaban J connectivity index is 1.67. The number of benzene rings is 2. The number of methoxy groups -OCH3 is 2. The SMILES string of the molecule is COc1ccc(CN2CCC[C@H](C(=O)c3cccc(OC(C)C)c3)C2)cc1OC. The normalized spacial score (nSPS) is 17.2. The van der Waals surface area contributed by atoms with Crippen LogP contribution in [0.4, 0.5) is 0 Å². The van der Waals surface area contributed by atoms with Crippen molar-refractivity contribution in [2.75, 3.05) is 27.3 Å². The van der Waals surface area contributed by atoms with E-state index in [4.69, 9.17) is 14.2 Å². The van der Waals surface area contributed by atoms with Crippen molar-refractivity contribution >= 4 is 5.78 Å². The molecule has 0 spiro atoms. The number of hydrogen-bond acceptors (Lipinski definition) is 5. The predicted octanol–water partition coefficient (Wildman–Crippen LogP) is 4.59. The van der Waals surface area contributed by atoms with Crippen LogP contribution in [0.2, 0.25) is 0 Å². The first-order chi connectivity index (χ1) is 14.0. The highest BCUT2D eigenvalue weighted by Gasteiger charge is 2.27. The van der Waals surface area contributed by atoms with Crippen molar-refractivity contribution in [2.24, 2.45) is 5.92 Å². The quantitative estimate of drug-likeness (QED) is 0.610. The number of likely N-dealkylation sites (tertiary alicyclic amines) is 1. The summed E-state index contributed by atoms with van der Waals surface area (Å²) in [6.45, 7) is 6.53. The van der Waals surface area contributed by atoms with E-state index < -0.39 is 0 Å². The van der Waals surface area contributed by atoms with Gasteiger partial charge in [0, 0.05) is 24.6 Å². The van der Waals surface area contributed by atoms with Crippen molar-refractivity contribution in [3.05, 3.63) is 53.6 Å². The van der Waals surface area contributed by atoms with Gasteiger partial charge in [0.05, 0.1) is 20.3 Å². The summed E-state index contributed by atoms with van der Waals surface area (Å²) in [6, 6.07) is 13.6. The first-order valence-corrected chi connectivity index (χ1v) is 10.2. The van der Waals surface area contributed by atoms with Gasteiger partial charge in [-0.1, -0.05) is 18.2 Å². The first-order valence-electron chi connectivity index (χ1n) is 10.2. The molecule has 1 heterocycles. The van der Waals surface area contributed by atoms with Crippen LogP contribution >= 0.6 is 0 Å². The Bertz CT molecular complexity index is 833. The maximum absolute atomic E-state index is 13.1. The van der Waals surface area contributed by atoms with Crippen molar-refractivity contribution < 1.29 is 19.0 Å². The fraction of sp³-hybridized carbons (Fsp3) is 0.458. The molecule has 1 aliphatic heterocycles. The molecular formula is C24H31NO4. The topological polar surface area (TPSA) is 48.0 Å². The van der Waals surface area contributed by atoms with Crippen LogP contribution in [0.15, 0.2) is 42.5 Å². The summed E-state index contributed by atoms with van der Waals surface area (Å²) in [5.74, 6) is 2.43. The van der Waals surface area contributed by atoms with Crippen molar-refractivity contribution in [1.29, 1.82) is 0 Å². The Morgan fingerprint density at radius 1 is 1.10 bits per heavy atom. The molecule has 0 aliphatic carbocycles. The highest BCUT2D eigenvalue weighted by atomic mass is 16.5. The third-order valence-electron chi connectivity index (χ3n) is 5.22. The molecule has 0 aromatic heterocycles. The summed E-state index contributed by atoms with van der Waals surface area (Å²) in [7, 11) is 3.29. The molecule has 1 atom stereocenters. The van der Waals surface area contributed by atoms with Crippen LogP contribution in [0, 0.1) is 5.92 Å². The molecule has 3 rings (SSSR count). The highest BCUT2D eigenvalue weighted by molar-refractivity contribution is 5.98. The molecule has 0 saturated carbocycles. The first kappa shape index (κ1) is 21.2. The largest absolute Gasteiger partial charge is 0.493 e. The lowest BCUT2D eigenvalue weighted by Crippen LogP contribution is -2.38. The number of Topliss-reactive ketones (excluding diaryl/α,β-unsaturated/α-hetero) is 1. The van der Waals surface area contributed by atoms with Crippen molar-refractivity contribution in [3.8, 4) is 17.2 Å². The van der Waals surface area contributed by atoms with Gasteiger partial charge in [-0.2, -0.15) is 0 Å². The van der Waals surface area contributed by atoms with Gasteiger partial charge in [0.15, 0.2) is 17.3 Å². The summed E-state index contributed by atoms with van der Waals surface area (Å²) in [5, 5.41) is 0. The van der Waals surface area contributed by atoms with Gasteiger partial charge in [0.2, 0.25) is 0 Å². The van der Waals surface area contributed by atoms with Crippen LogP contribution < -0.4 is 14.2 Å². The lowest BCUT2D eigenvalue weighted by molar-refractivity contribution is 0.0811. The van der Waals surface area contributed by atoms with Gasteiger partial charge >= 0.3 is 0 Å². The second-order valence-corrected chi connectivity index (χ2v) is 7.82. The number of hydrogen-bond donors (Lipinski definition) is 0. The molecule has 5 heteroatoms. The lowest BCUT2D eigenvalue weighted by atomic mass is 9.89. The van der Waals surface area contributed by atoms with Crippen molar-refractivity contribution in [2.45, 2.75) is 39.3 Å². The molecule has 2 aromatic carbocycles. The predicted molar refractivity (Wildman–Crippen MR) is 114 cm³/mol. The minimum Gasteiger partial charge on any atom is -0.493 e. The Hall–Kier alpha value is -2.53. The molecule has 0 N–H and O–H groups in total. The molecule has 1 fully saturated rings. The third-order valence-corrected chi connectivity index (χ3v) is 5.22. The van der Waals surface area contributed by atoms with Crippen molar-refractivity contribution in [1.82, 2.24) is 4.90 Å². The summed E-state index contributed by atoms with van der Waals surface area (Å²) < 4.78 is 16.5. The van der Waals surface area contributed by atoms with Crippen LogP contribution in [0.5, 0.6) is 17.2 Å². The standard InChI is InChI=1S/C24H31NO4/c1-17(2)29-21-9-5-7-19(14-21)24(26)20-8-6-12-25(16-20)15-18-10-11-22(27-3)23(13-18)28-4/h5,7,9-11,13-14,17,20H,6,8,12,15-16H2,1-4H3/t20-/m0/s1. The zero-order valence-corrected chi connectivity index (χ0v) is 17.8. The number of rotatable bonds is 8. The molecule has 0 unspecified atom stereocenters. The Morgan fingerprint density at radius 2 is 1.90 bits per heavy atom. The van der Waals surface area contributed by atoms with Gasteiger partial charge < -0.3 is 14.2 Å². The van der Waals surface area contributed by atoms with E-state index in [1.807, 2.05) is 50.2 Å². The second kappa shape index (κ2) is 9.79. The minimum absolute atomic E-state index is 0.0122. The summed E-state index contributed by atoms with van der Waals surface area (Å²) >= 11 is 0. The minimum atomic E-state index is 0.0122. The number of ketones is 1. The average molecular weight is 398 g/mol. The lowest BCUT2D eigenvalue weighted by Gasteiger charge is -2.32. The van der Waals surface area contributed by atoms with Gasteiger partial charge in [0.1, 0.15) is 5.75 Å². The van der Waals surface area contributed by atoms with E-state index in [1.54, 1.807) is 14.2 Å². The molecule has 1 saturated heterocycles. The number of ether oxygens (including phenoxy) is 3. The molecule has 0 radical (unpaired) electrons. The van der Waals surface area contributed by atoms with Gasteiger partial charge in [-0.15, -0.1) is 0 Å². The molecular weight excluding hydrogens is 366 g/mol. The molecule has 0 amide bonds. The summed E-state index contributed by atoms with van der Waals surface area (Å²) in [4.78, 5) is 15.4. The monoisotopic (exact) mass is 397 g/mol. The molecule has 156 valence electrons. The van der Waals surface area contributed by atoms with Gasteiger partial charge in [0.25, 0.3) is 0 Å². The summed E-state index contributed by atoms with van der Waals surface area (Å²) in [5.41, 5.74) is 1.89. The van der Waals surface area contributed by atoms with E-state index in [0.717, 1.165) is 60.9 Å². The van der Waals surface area contributed by atoms with E-state index in [0.29, 0.717) is 0 Å². The summed E-state index contributed by atoms with van der Waals surface area (Å²) in [6.07, 6.45) is 2.04. The zero-order chi connectivity index (χ0) is 20.8. The molecule has 0 bridgehead atoms. The smallest absolute Gasteiger partial charge is 0.167 e. The maximum Gasteiger partial charge on any atom is 0.167 e. The maximum atomic E-state index is 13.1. The number of nitrogens with zero attached hydrogens (tertiary/aromatic N) is 1. The molecule has 1 aliphatic rings.